The number of carbonyl (C=O) groups is 3. The maximum absolute atomic E-state index is 12.4. The molecular weight excluding hydrogens is 478 g/mol. The molecule has 0 spiro atoms. The molecule has 38 heavy (non-hydrogen) atoms. The Bertz CT molecular complexity index is 605. The summed E-state index contributed by atoms with van der Waals surface area (Å²) < 4.78 is 5.82. The lowest BCUT2D eigenvalue weighted by Crippen LogP contribution is -2.28. The molecule has 0 aromatic carbocycles. The van der Waals surface area contributed by atoms with E-state index in [-0.39, 0.29) is 24.5 Å². The van der Waals surface area contributed by atoms with Crippen molar-refractivity contribution in [3.63, 3.8) is 0 Å². The Morgan fingerprint density at radius 3 is 1.74 bits per heavy atom. The van der Waals surface area contributed by atoms with E-state index >= 15 is 0 Å². The lowest BCUT2D eigenvalue weighted by atomic mass is 10.0. The first-order valence-electron chi connectivity index (χ1n) is 15.8. The molecule has 0 aromatic heterocycles. The van der Waals surface area contributed by atoms with Crippen molar-refractivity contribution >= 4 is 17.8 Å². The number of ether oxygens (including phenoxy) is 1. The first-order valence-corrected chi connectivity index (χ1v) is 15.8. The van der Waals surface area contributed by atoms with Gasteiger partial charge in [-0.1, -0.05) is 96.6 Å². The summed E-state index contributed by atoms with van der Waals surface area (Å²) in [6.45, 7) is 4.10. The van der Waals surface area contributed by atoms with Crippen molar-refractivity contribution in [2.75, 3.05) is 6.54 Å². The van der Waals surface area contributed by atoms with Gasteiger partial charge in [-0.2, -0.15) is 0 Å². The number of carboxylic acid groups (broad SMARTS) is 1. The van der Waals surface area contributed by atoms with Crippen molar-refractivity contribution in [3.8, 4) is 0 Å². The molecule has 0 fully saturated rings. The smallest absolute Gasteiger partial charge is 0.322 e. The van der Waals surface area contributed by atoms with E-state index in [2.05, 4.69) is 31.3 Å². The predicted octanol–water partition coefficient (Wildman–Crippen LogP) is 8.67. The van der Waals surface area contributed by atoms with E-state index in [9.17, 15) is 14.4 Å². The Morgan fingerprint density at radius 1 is 0.658 bits per heavy atom. The molecule has 6 heteroatoms. The standard InChI is InChI=1S/C32H59NO5/c1-3-5-7-8-9-10-11-12-13-14-15-16-17-18-23-27-32(37)38-29(24-20-6-4-2)25-21-19-22-26-30(34)33-28-31(35)36/h12-13,29H,3-11,14-28H2,1-2H3,(H,33,34)(H,35,36)/b13-12-. The van der Waals surface area contributed by atoms with Gasteiger partial charge in [-0.05, 0) is 64.2 Å². The van der Waals surface area contributed by atoms with Crippen molar-refractivity contribution in [1.82, 2.24) is 5.32 Å². The summed E-state index contributed by atoms with van der Waals surface area (Å²) in [7, 11) is 0. The van der Waals surface area contributed by atoms with E-state index in [1.54, 1.807) is 0 Å². The zero-order valence-electron chi connectivity index (χ0n) is 24.8. The minimum absolute atomic E-state index is 0.0296. The number of allylic oxidation sites excluding steroid dienone is 2. The number of hydrogen-bond acceptors (Lipinski definition) is 4. The van der Waals surface area contributed by atoms with E-state index in [0.717, 1.165) is 64.2 Å². The molecule has 0 saturated heterocycles. The van der Waals surface area contributed by atoms with E-state index in [4.69, 9.17) is 9.84 Å². The third-order valence-corrected chi connectivity index (χ3v) is 6.94. The molecule has 0 radical (unpaired) electrons. The maximum Gasteiger partial charge on any atom is 0.322 e. The van der Waals surface area contributed by atoms with Gasteiger partial charge in [0.1, 0.15) is 12.6 Å². The first-order chi connectivity index (χ1) is 18.5. The van der Waals surface area contributed by atoms with Gasteiger partial charge in [0.2, 0.25) is 5.91 Å². The summed E-state index contributed by atoms with van der Waals surface area (Å²) >= 11 is 0. The molecule has 1 unspecified atom stereocenters. The Balaban J connectivity index is 3.85. The lowest BCUT2D eigenvalue weighted by Gasteiger charge is -2.18. The van der Waals surface area contributed by atoms with Crippen LogP contribution in [0.2, 0.25) is 0 Å². The summed E-state index contributed by atoms with van der Waals surface area (Å²) in [4.78, 5) is 34.5. The average Bonchev–Trinajstić information content (AvgIpc) is 2.89. The van der Waals surface area contributed by atoms with Gasteiger partial charge in [0.05, 0.1) is 0 Å². The highest BCUT2D eigenvalue weighted by Gasteiger charge is 2.14. The highest BCUT2D eigenvalue weighted by atomic mass is 16.5. The molecule has 0 bridgehead atoms. The van der Waals surface area contributed by atoms with Gasteiger partial charge < -0.3 is 15.2 Å². The number of rotatable bonds is 28. The Labute approximate surface area is 233 Å². The lowest BCUT2D eigenvalue weighted by molar-refractivity contribution is -0.150. The molecule has 6 nitrogen and oxygen atoms in total. The number of unbranched alkanes of at least 4 members (excludes halogenated alkanes) is 15. The van der Waals surface area contributed by atoms with Crippen LogP contribution < -0.4 is 5.32 Å². The molecule has 0 aliphatic carbocycles. The van der Waals surface area contributed by atoms with Crippen LogP contribution in [0.5, 0.6) is 0 Å². The molecule has 0 heterocycles. The molecule has 222 valence electrons. The summed E-state index contributed by atoms with van der Waals surface area (Å²) in [5.41, 5.74) is 0. The zero-order chi connectivity index (χ0) is 28.1. The van der Waals surface area contributed by atoms with Crippen LogP contribution >= 0.6 is 0 Å². The third kappa shape index (κ3) is 27.2. The molecule has 0 aliphatic heterocycles. The largest absolute Gasteiger partial charge is 0.480 e. The van der Waals surface area contributed by atoms with Crippen LogP contribution in [0.3, 0.4) is 0 Å². The second kappa shape index (κ2) is 28.2. The summed E-state index contributed by atoms with van der Waals surface area (Å²) in [6, 6.07) is 0. The van der Waals surface area contributed by atoms with Gasteiger partial charge >= 0.3 is 11.9 Å². The molecule has 0 saturated carbocycles. The molecule has 1 atom stereocenters. The number of nitrogens with one attached hydrogen (secondary N) is 1. The highest BCUT2D eigenvalue weighted by molar-refractivity contribution is 5.80. The number of carbonyl (C=O) groups excluding carboxylic acids is 2. The molecule has 1 amide bonds. The van der Waals surface area contributed by atoms with Gasteiger partial charge in [0.25, 0.3) is 0 Å². The van der Waals surface area contributed by atoms with E-state index in [1.807, 2.05) is 0 Å². The van der Waals surface area contributed by atoms with Crippen LogP contribution in [0.4, 0.5) is 0 Å². The normalized spacial score (nSPS) is 12.1. The third-order valence-electron chi connectivity index (χ3n) is 6.94. The van der Waals surface area contributed by atoms with Gasteiger partial charge in [-0.25, -0.2) is 0 Å². The average molecular weight is 538 g/mol. The highest BCUT2D eigenvalue weighted by Crippen LogP contribution is 2.17. The quantitative estimate of drug-likeness (QED) is 0.0591. The number of carboxylic acids is 1. The van der Waals surface area contributed by atoms with Crippen molar-refractivity contribution in [1.29, 1.82) is 0 Å². The second-order valence-corrected chi connectivity index (χ2v) is 10.7. The SMILES string of the molecule is CCCCCCCC/C=C\CCCCCCCC(=O)OC(CCCCC)CCCCCC(=O)NCC(=O)O. The molecule has 2 N–H and O–H groups in total. The summed E-state index contributed by atoms with van der Waals surface area (Å²) in [5, 5.41) is 11.0. The van der Waals surface area contributed by atoms with Crippen LogP contribution in [0.25, 0.3) is 0 Å². The predicted molar refractivity (Wildman–Crippen MR) is 157 cm³/mol. The van der Waals surface area contributed by atoms with Gasteiger partial charge in [0, 0.05) is 12.8 Å². The topological polar surface area (TPSA) is 92.7 Å². The Hall–Kier alpha value is -1.85. The van der Waals surface area contributed by atoms with Crippen molar-refractivity contribution in [2.45, 2.75) is 168 Å². The number of amides is 1. The van der Waals surface area contributed by atoms with Crippen LogP contribution in [0.1, 0.15) is 162 Å². The van der Waals surface area contributed by atoms with E-state index in [0.29, 0.717) is 12.8 Å². The minimum atomic E-state index is -1.03. The molecular formula is C32H59NO5. The van der Waals surface area contributed by atoms with Crippen LogP contribution in [-0.4, -0.2) is 35.6 Å². The van der Waals surface area contributed by atoms with Gasteiger partial charge in [-0.15, -0.1) is 0 Å². The second-order valence-electron chi connectivity index (χ2n) is 10.7. The maximum atomic E-state index is 12.4. The summed E-state index contributed by atoms with van der Waals surface area (Å²) in [5.74, 6) is -1.33. The number of hydrogen-bond donors (Lipinski definition) is 2. The van der Waals surface area contributed by atoms with Crippen LogP contribution in [0, 0.1) is 0 Å². The van der Waals surface area contributed by atoms with Crippen molar-refractivity contribution < 1.29 is 24.2 Å². The number of esters is 1. The van der Waals surface area contributed by atoms with E-state index < -0.39 is 5.97 Å². The van der Waals surface area contributed by atoms with Crippen LogP contribution in [-0.2, 0) is 19.1 Å². The molecule has 0 aromatic rings. The van der Waals surface area contributed by atoms with Crippen molar-refractivity contribution in [2.24, 2.45) is 0 Å². The number of aliphatic carboxylic acids is 1. The fourth-order valence-corrected chi connectivity index (χ4v) is 4.57. The monoisotopic (exact) mass is 537 g/mol. The fraction of sp³-hybridized carbons (Fsp3) is 0.844. The molecule has 0 aliphatic rings. The summed E-state index contributed by atoms with van der Waals surface area (Å²) in [6.07, 6.45) is 29.3. The Kier molecular flexibility index (Phi) is 26.8. The Morgan fingerprint density at radius 2 is 1.13 bits per heavy atom. The van der Waals surface area contributed by atoms with E-state index in [1.165, 1.54) is 70.6 Å². The molecule has 0 rings (SSSR count). The van der Waals surface area contributed by atoms with Crippen LogP contribution in [0.15, 0.2) is 12.2 Å². The first kappa shape index (κ1) is 36.1. The van der Waals surface area contributed by atoms with Crippen molar-refractivity contribution in [3.05, 3.63) is 12.2 Å². The van der Waals surface area contributed by atoms with Gasteiger partial charge in [0.15, 0.2) is 0 Å². The van der Waals surface area contributed by atoms with Gasteiger partial charge in [-0.3, -0.25) is 14.4 Å². The zero-order valence-corrected chi connectivity index (χ0v) is 24.8. The minimum Gasteiger partial charge on any atom is -0.480 e. The fourth-order valence-electron chi connectivity index (χ4n) is 4.57.